The van der Waals surface area contributed by atoms with Crippen molar-refractivity contribution in [3.63, 3.8) is 0 Å². The second-order valence-corrected chi connectivity index (χ2v) is 12.2. The van der Waals surface area contributed by atoms with E-state index >= 15 is 0 Å². The number of rotatable bonds is 5. The molecular formula is C35H40O10. The number of aliphatic hydroxyl groups excluding tert-OH is 2. The van der Waals surface area contributed by atoms with Gasteiger partial charge in [-0.25, -0.2) is 9.59 Å². The molecule has 3 aromatic rings. The van der Waals surface area contributed by atoms with E-state index in [0.29, 0.717) is 48.0 Å². The molecule has 2 atom stereocenters. The molecule has 2 aromatic carbocycles. The molecule has 4 heterocycles. The van der Waals surface area contributed by atoms with Crippen LogP contribution in [0.3, 0.4) is 0 Å². The number of fused-ring (bicyclic) bond motifs is 13. The predicted octanol–water partition coefficient (Wildman–Crippen LogP) is 4.77. The van der Waals surface area contributed by atoms with Gasteiger partial charge in [0.2, 0.25) is 0 Å². The van der Waals surface area contributed by atoms with Crippen molar-refractivity contribution in [1.29, 1.82) is 0 Å². The Morgan fingerprint density at radius 2 is 1.62 bits per heavy atom. The molecule has 10 heteroatoms. The van der Waals surface area contributed by atoms with Crippen LogP contribution in [0.5, 0.6) is 5.75 Å². The summed E-state index contributed by atoms with van der Waals surface area (Å²) in [4.78, 5) is 40.5. The molecule has 0 fully saturated rings. The van der Waals surface area contributed by atoms with Gasteiger partial charge in [0.1, 0.15) is 23.7 Å². The fourth-order valence-corrected chi connectivity index (χ4v) is 6.10. The van der Waals surface area contributed by atoms with Crippen LogP contribution in [0.1, 0.15) is 80.9 Å². The molecule has 45 heavy (non-hydrogen) atoms. The largest absolute Gasteiger partial charge is 0.483 e. The first-order valence-corrected chi connectivity index (χ1v) is 15.3. The normalized spacial score (nSPS) is 20.2. The Hall–Kier alpha value is -3.99. The molecule has 3 aliphatic rings. The number of aliphatic hydroxyl groups is 2. The van der Waals surface area contributed by atoms with Crippen LogP contribution < -0.4 is 10.4 Å². The molecule has 6 rings (SSSR count). The van der Waals surface area contributed by atoms with Crippen molar-refractivity contribution in [2.45, 2.75) is 90.6 Å². The fourth-order valence-electron chi connectivity index (χ4n) is 6.10. The summed E-state index contributed by atoms with van der Waals surface area (Å²) in [5.41, 5.74) is 2.50. The van der Waals surface area contributed by atoms with Crippen molar-refractivity contribution in [3.05, 3.63) is 85.8 Å². The Morgan fingerprint density at radius 3 is 2.29 bits per heavy atom. The number of benzene rings is 2. The molecule has 2 bridgehead atoms. The molecule has 0 amide bonds. The maximum Gasteiger partial charge on any atom is 0.339 e. The fraction of sp³-hybridized carbons (Fsp3) is 0.457. The highest BCUT2D eigenvalue weighted by Gasteiger charge is 2.50. The van der Waals surface area contributed by atoms with E-state index < -0.39 is 48.8 Å². The maximum atomic E-state index is 13.8. The first-order valence-electron chi connectivity index (χ1n) is 15.3. The molecule has 0 saturated carbocycles. The Labute approximate surface area is 261 Å². The second-order valence-electron chi connectivity index (χ2n) is 12.2. The van der Waals surface area contributed by atoms with E-state index in [1.54, 1.807) is 26.0 Å². The lowest BCUT2D eigenvalue weighted by molar-refractivity contribution is -0.188. The molecule has 0 radical (unpaired) electrons. The highest BCUT2D eigenvalue weighted by atomic mass is 16.6. The van der Waals surface area contributed by atoms with E-state index in [1.807, 2.05) is 38.1 Å². The Morgan fingerprint density at radius 1 is 0.911 bits per heavy atom. The van der Waals surface area contributed by atoms with E-state index in [9.17, 15) is 19.5 Å². The molecular weight excluding hydrogens is 580 g/mol. The summed E-state index contributed by atoms with van der Waals surface area (Å²) in [5, 5.41) is 19.8. The lowest BCUT2D eigenvalue weighted by atomic mass is 9.86. The molecule has 0 aliphatic carbocycles. The number of carbonyl (C=O) groups is 2. The van der Waals surface area contributed by atoms with Crippen LogP contribution in [0.2, 0.25) is 0 Å². The lowest BCUT2D eigenvalue weighted by Gasteiger charge is -2.43. The van der Waals surface area contributed by atoms with Gasteiger partial charge in [-0.05, 0) is 82.2 Å². The number of hydrogen-bond donors (Lipinski definition) is 2. The van der Waals surface area contributed by atoms with Crippen molar-refractivity contribution in [1.82, 2.24) is 0 Å². The molecule has 0 spiro atoms. The molecule has 3 aliphatic heterocycles. The van der Waals surface area contributed by atoms with E-state index in [2.05, 4.69) is 0 Å². The zero-order valence-electron chi connectivity index (χ0n) is 26.1. The second kappa shape index (κ2) is 13.6. The first-order chi connectivity index (χ1) is 21.5. The minimum Gasteiger partial charge on any atom is -0.483 e. The van der Waals surface area contributed by atoms with Gasteiger partial charge in [-0.3, -0.25) is 4.79 Å². The Bertz CT molecular complexity index is 1660. The van der Waals surface area contributed by atoms with Crippen LogP contribution in [-0.4, -0.2) is 47.3 Å². The summed E-state index contributed by atoms with van der Waals surface area (Å²) in [6.07, 6.45) is 0.261. The van der Waals surface area contributed by atoms with E-state index in [4.69, 9.17) is 28.5 Å². The predicted molar refractivity (Wildman–Crippen MR) is 165 cm³/mol. The molecule has 0 saturated heterocycles. The number of allylic oxidation sites excluding steroid dienone is 1. The highest BCUT2D eigenvalue weighted by Crippen LogP contribution is 2.47. The molecule has 0 unspecified atom stereocenters. The van der Waals surface area contributed by atoms with Gasteiger partial charge < -0.3 is 33.6 Å². The average Bonchev–Trinajstić information content (AvgIpc) is 2.99. The van der Waals surface area contributed by atoms with E-state index in [0.717, 1.165) is 16.7 Å². The van der Waals surface area contributed by atoms with Crippen LogP contribution >= 0.6 is 0 Å². The first kappa shape index (κ1) is 32.4. The van der Waals surface area contributed by atoms with Crippen molar-refractivity contribution >= 4 is 22.9 Å². The van der Waals surface area contributed by atoms with Gasteiger partial charge in [0, 0.05) is 29.4 Å². The monoisotopic (exact) mass is 620 g/mol. The third-order valence-electron chi connectivity index (χ3n) is 8.53. The lowest BCUT2D eigenvalue weighted by Crippen LogP contribution is -2.52. The maximum absolute atomic E-state index is 13.8. The summed E-state index contributed by atoms with van der Waals surface area (Å²) in [6, 6.07) is 11.5. The molecule has 1 aromatic heterocycles. The van der Waals surface area contributed by atoms with Crippen LogP contribution in [0, 0.1) is 0 Å². The van der Waals surface area contributed by atoms with Gasteiger partial charge in [-0.15, -0.1) is 0 Å². The van der Waals surface area contributed by atoms with Crippen molar-refractivity contribution < 1.29 is 43.2 Å². The van der Waals surface area contributed by atoms with Crippen LogP contribution in [0.15, 0.2) is 56.8 Å². The minimum absolute atomic E-state index is 0.0386. The van der Waals surface area contributed by atoms with Gasteiger partial charge in [0.05, 0.1) is 18.8 Å². The van der Waals surface area contributed by atoms with Gasteiger partial charge in [0.15, 0.2) is 12.2 Å². The number of aryl methyl sites for hydroxylation is 2. The zero-order valence-corrected chi connectivity index (χ0v) is 26.1. The van der Waals surface area contributed by atoms with Gasteiger partial charge in [-0.2, -0.15) is 0 Å². The summed E-state index contributed by atoms with van der Waals surface area (Å²) in [7, 11) is 0. The SMILES string of the molecule is CC(C)=C1CCc2ccc(cc2)CCCC(=O)O[C@H]2c3c(ccc4c(CO)c(CCOCO)c(=O)oc34)OC(C)(C)[C@H]2OC1=O. The van der Waals surface area contributed by atoms with Gasteiger partial charge >= 0.3 is 17.6 Å². The highest BCUT2D eigenvalue weighted by molar-refractivity contribution is 5.90. The third kappa shape index (κ3) is 6.83. The van der Waals surface area contributed by atoms with Crippen LogP contribution in [-0.2, 0) is 49.7 Å². The van der Waals surface area contributed by atoms with Crippen molar-refractivity contribution in [2.75, 3.05) is 13.4 Å². The number of hydrogen-bond acceptors (Lipinski definition) is 10. The number of esters is 2. The Kier molecular flexibility index (Phi) is 9.76. The molecule has 10 nitrogen and oxygen atoms in total. The Balaban J connectivity index is 1.64. The average molecular weight is 621 g/mol. The van der Waals surface area contributed by atoms with Gasteiger partial charge in [-0.1, -0.05) is 29.8 Å². The summed E-state index contributed by atoms with van der Waals surface area (Å²) in [5.74, 6) is -0.749. The topological polar surface area (TPSA) is 142 Å². The van der Waals surface area contributed by atoms with E-state index in [-0.39, 0.29) is 36.2 Å². The zero-order chi connectivity index (χ0) is 32.3. The minimum atomic E-state index is -1.17. The van der Waals surface area contributed by atoms with E-state index in [1.165, 1.54) is 0 Å². The molecule has 2 N–H and O–H groups in total. The third-order valence-corrected chi connectivity index (χ3v) is 8.53. The summed E-state index contributed by atoms with van der Waals surface area (Å²) >= 11 is 0. The standard InChI is InChI=1S/C35H40O10/c1-20(2)23-13-12-22-10-8-21(9-11-22)6-5-7-28(38)42-31-29-27(45-35(3,4)32(31)44-33(23)39)15-14-24-26(18-36)25(16-17-41-19-37)34(40)43-30(24)29/h8-11,14-15,31-32,36-37H,5-7,12-13,16-19H2,1-4H3/t31-,32-/m0/s1. The molecule has 240 valence electrons. The summed E-state index contributed by atoms with van der Waals surface area (Å²) < 4.78 is 29.5. The van der Waals surface area contributed by atoms with Gasteiger partial charge in [0.25, 0.3) is 0 Å². The number of ether oxygens (including phenoxy) is 4. The quantitative estimate of drug-likeness (QED) is 0.135. The van der Waals surface area contributed by atoms with Crippen LogP contribution in [0.4, 0.5) is 0 Å². The van der Waals surface area contributed by atoms with Crippen LogP contribution in [0.25, 0.3) is 11.0 Å². The summed E-state index contributed by atoms with van der Waals surface area (Å²) in [6.45, 7) is 6.26. The van der Waals surface area contributed by atoms with Crippen molar-refractivity contribution in [3.8, 4) is 5.75 Å². The smallest absolute Gasteiger partial charge is 0.339 e. The number of carbonyl (C=O) groups excluding carboxylic acids is 2. The van der Waals surface area contributed by atoms with Crippen molar-refractivity contribution in [2.24, 2.45) is 0 Å².